The molecule has 0 radical (unpaired) electrons. The number of allylic oxidation sites excluding steroid dienone is 1. The number of halogens is 1. The summed E-state index contributed by atoms with van der Waals surface area (Å²) in [6, 6.07) is 13.2. The lowest BCUT2D eigenvalue weighted by Gasteiger charge is -2.09. The second-order valence-electron chi connectivity index (χ2n) is 6.03. The largest absolute Gasteiger partial charge is 0.486 e. The van der Waals surface area contributed by atoms with Crippen LogP contribution < -0.4 is 4.74 Å². The molecule has 3 heterocycles. The van der Waals surface area contributed by atoms with Crippen molar-refractivity contribution in [2.24, 2.45) is 0 Å². The summed E-state index contributed by atoms with van der Waals surface area (Å²) in [5.41, 5.74) is 1.92. The molecule has 0 aliphatic carbocycles. The minimum Gasteiger partial charge on any atom is -0.486 e. The van der Waals surface area contributed by atoms with Crippen molar-refractivity contribution in [3.63, 3.8) is 0 Å². The molecule has 0 spiro atoms. The number of hydrogen-bond donors (Lipinski definition) is 0. The van der Waals surface area contributed by atoms with Crippen LogP contribution >= 0.6 is 23.4 Å². The lowest BCUT2D eigenvalue weighted by molar-refractivity contribution is 0.289. The molecule has 3 aromatic heterocycles. The molecule has 6 nitrogen and oxygen atoms in total. The zero-order chi connectivity index (χ0) is 19.3. The van der Waals surface area contributed by atoms with Gasteiger partial charge >= 0.3 is 0 Å². The van der Waals surface area contributed by atoms with E-state index in [9.17, 15) is 0 Å². The number of fused-ring (bicyclic) bond motifs is 1. The highest BCUT2D eigenvalue weighted by atomic mass is 35.5. The lowest BCUT2D eigenvalue weighted by Crippen LogP contribution is -2.07. The Labute approximate surface area is 171 Å². The van der Waals surface area contributed by atoms with Gasteiger partial charge in [-0.15, -0.1) is 16.8 Å². The first-order valence-corrected chi connectivity index (χ1v) is 10.1. The summed E-state index contributed by atoms with van der Waals surface area (Å²) >= 11 is 7.50. The Balaban J connectivity index is 1.46. The normalized spacial score (nSPS) is 11.0. The van der Waals surface area contributed by atoms with E-state index in [1.165, 1.54) is 0 Å². The Morgan fingerprint density at radius 3 is 2.79 bits per heavy atom. The maximum Gasteiger partial charge on any atom is 0.191 e. The van der Waals surface area contributed by atoms with Crippen molar-refractivity contribution in [1.29, 1.82) is 0 Å². The third kappa shape index (κ3) is 4.21. The molecule has 1 aromatic carbocycles. The first-order valence-electron chi connectivity index (χ1n) is 8.69. The molecule has 0 saturated carbocycles. The molecule has 4 rings (SSSR count). The van der Waals surface area contributed by atoms with Crippen molar-refractivity contribution in [3.8, 4) is 5.75 Å². The molecular formula is C20H18ClN5OS. The highest BCUT2D eigenvalue weighted by Gasteiger charge is 2.13. The first kappa shape index (κ1) is 18.6. The van der Waals surface area contributed by atoms with Crippen molar-refractivity contribution in [1.82, 2.24) is 24.1 Å². The zero-order valence-corrected chi connectivity index (χ0v) is 16.6. The molecule has 142 valence electrons. The van der Waals surface area contributed by atoms with E-state index in [1.807, 2.05) is 57.8 Å². The van der Waals surface area contributed by atoms with Crippen LogP contribution in [0.25, 0.3) is 5.65 Å². The number of aromatic nitrogens is 5. The number of pyridine rings is 1. The second-order valence-corrected chi connectivity index (χ2v) is 7.41. The third-order valence-corrected chi connectivity index (χ3v) is 5.30. The van der Waals surface area contributed by atoms with Crippen molar-refractivity contribution < 1.29 is 4.74 Å². The fourth-order valence-corrected chi connectivity index (χ4v) is 3.70. The third-order valence-electron chi connectivity index (χ3n) is 4.05. The van der Waals surface area contributed by atoms with E-state index in [1.54, 1.807) is 23.9 Å². The summed E-state index contributed by atoms with van der Waals surface area (Å²) < 4.78 is 9.82. The molecule has 0 N–H and O–H groups in total. The van der Waals surface area contributed by atoms with Gasteiger partial charge in [0.1, 0.15) is 18.0 Å². The molecule has 0 saturated heterocycles. The van der Waals surface area contributed by atoms with Crippen LogP contribution in [0.1, 0.15) is 11.5 Å². The Morgan fingerprint density at radius 1 is 1.14 bits per heavy atom. The monoisotopic (exact) mass is 411 g/mol. The number of thioether (sulfide) groups is 1. The van der Waals surface area contributed by atoms with Gasteiger partial charge in [0.15, 0.2) is 11.0 Å². The highest BCUT2D eigenvalue weighted by molar-refractivity contribution is 7.98. The first-order chi connectivity index (χ1) is 13.7. The van der Waals surface area contributed by atoms with Crippen LogP contribution in [0.15, 0.2) is 72.7 Å². The van der Waals surface area contributed by atoms with Gasteiger partial charge in [0, 0.05) is 29.7 Å². The fourth-order valence-electron chi connectivity index (χ4n) is 2.72. The summed E-state index contributed by atoms with van der Waals surface area (Å²) in [7, 11) is 0. The molecule has 0 atom stereocenters. The van der Waals surface area contributed by atoms with Gasteiger partial charge in [0.25, 0.3) is 0 Å². The molecular weight excluding hydrogens is 394 g/mol. The van der Waals surface area contributed by atoms with Crippen LogP contribution in [0.4, 0.5) is 0 Å². The Bertz CT molecular complexity index is 1060. The lowest BCUT2D eigenvalue weighted by atomic mass is 10.3. The summed E-state index contributed by atoms with van der Waals surface area (Å²) in [4.78, 5) is 4.62. The average Bonchev–Trinajstić information content (AvgIpc) is 3.30. The molecule has 0 amide bonds. The quantitative estimate of drug-likeness (QED) is 0.312. The van der Waals surface area contributed by atoms with E-state index in [4.69, 9.17) is 16.3 Å². The fraction of sp³-hybridized carbons (Fsp3) is 0.150. The number of hydrogen-bond acceptors (Lipinski definition) is 5. The van der Waals surface area contributed by atoms with E-state index in [0.717, 1.165) is 28.1 Å². The Morgan fingerprint density at radius 2 is 2.00 bits per heavy atom. The maximum absolute atomic E-state index is 5.91. The topological polar surface area (TPSA) is 57.2 Å². The Kier molecular flexibility index (Phi) is 5.64. The van der Waals surface area contributed by atoms with Gasteiger partial charge in [0.2, 0.25) is 0 Å². The number of benzene rings is 1. The van der Waals surface area contributed by atoms with Crippen LogP contribution in [0.3, 0.4) is 0 Å². The van der Waals surface area contributed by atoms with E-state index in [2.05, 4.69) is 21.8 Å². The van der Waals surface area contributed by atoms with E-state index in [0.29, 0.717) is 23.9 Å². The number of rotatable bonds is 8. The molecule has 0 aliphatic rings. The van der Waals surface area contributed by atoms with Gasteiger partial charge in [-0.3, -0.25) is 4.57 Å². The SMILES string of the molecule is C=CCn1c(COc2ccc(Cl)cc2)nnc1SCc1cn2ccccc2n1. The predicted octanol–water partition coefficient (Wildman–Crippen LogP) is 4.64. The van der Waals surface area contributed by atoms with E-state index in [-0.39, 0.29) is 0 Å². The number of ether oxygens (including phenoxy) is 1. The summed E-state index contributed by atoms with van der Waals surface area (Å²) in [5, 5.41) is 10.1. The van der Waals surface area contributed by atoms with Gasteiger partial charge in [0.05, 0.1) is 5.69 Å². The molecule has 0 aliphatic heterocycles. The minimum atomic E-state index is 0.317. The molecule has 8 heteroatoms. The minimum absolute atomic E-state index is 0.317. The Hall–Kier alpha value is -2.77. The van der Waals surface area contributed by atoms with Gasteiger partial charge in [-0.2, -0.15) is 0 Å². The molecule has 4 aromatic rings. The predicted molar refractivity (Wildman–Crippen MR) is 111 cm³/mol. The summed E-state index contributed by atoms with van der Waals surface area (Å²) in [6.07, 6.45) is 5.84. The van der Waals surface area contributed by atoms with Crippen molar-refractivity contribution in [2.75, 3.05) is 0 Å². The standard InChI is InChI=1S/C20H18ClN5OS/c1-2-10-26-19(13-27-17-8-6-15(21)7-9-17)23-24-20(26)28-14-16-12-25-11-4-3-5-18(25)22-16/h2-9,11-12H,1,10,13-14H2. The van der Waals surface area contributed by atoms with Gasteiger partial charge in [-0.25, -0.2) is 4.98 Å². The van der Waals surface area contributed by atoms with Crippen molar-refractivity contribution in [2.45, 2.75) is 24.1 Å². The smallest absolute Gasteiger partial charge is 0.191 e. The van der Waals surface area contributed by atoms with Gasteiger partial charge in [-0.1, -0.05) is 35.5 Å². The zero-order valence-electron chi connectivity index (χ0n) is 15.0. The molecule has 0 bridgehead atoms. The number of imidazole rings is 1. The van der Waals surface area contributed by atoms with Crippen LogP contribution in [-0.2, 0) is 18.9 Å². The maximum atomic E-state index is 5.91. The van der Waals surface area contributed by atoms with Crippen LogP contribution in [0.5, 0.6) is 5.75 Å². The highest BCUT2D eigenvalue weighted by Crippen LogP contribution is 2.23. The van der Waals surface area contributed by atoms with E-state index < -0.39 is 0 Å². The van der Waals surface area contributed by atoms with E-state index >= 15 is 0 Å². The summed E-state index contributed by atoms with van der Waals surface area (Å²) in [6.45, 7) is 4.76. The molecule has 0 fully saturated rings. The van der Waals surface area contributed by atoms with Gasteiger partial charge in [-0.05, 0) is 36.4 Å². The number of nitrogens with zero attached hydrogens (tertiary/aromatic N) is 5. The van der Waals surface area contributed by atoms with Crippen LogP contribution in [-0.4, -0.2) is 24.1 Å². The summed E-state index contributed by atoms with van der Waals surface area (Å²) in [5.74, 6) is 2.18. The van der Waals surface area contributed by atoms with Crippen LogP contribution in [0.2, 0.25) is 5.02 Å². The molecule has 28 heavy (non-hydrogen) atoms. The van der Waals surface area contributed by atoms with Crippen molar-refractivity contribution >= 4 is 29.0 Å². The van der Waals surface area contributed by atoms with Gasteiger partial charge < -0.3 is 9.14 Å². The average molecular weight is 412 g/mol. The van der Waals surface area contributed by atoms with Crippen molar-refractivity contribution in [3.05, 3.63) is 84.1 Å². The second kappa shape index (κ2) is 8.50. The molecule has 0 unspecified atom stereocenters. The van der Waals surface area contributed by atoms with Crippen LogP contribution in [0, 0.1) is 0 Å².